The van der Waals surface area contributed by atoms with E-state index in [4.69, 9.17) is 14.2 Å². The molecule has 3 rings (SSSR count). The van der Waals surface area contributed by atoms with Gasteiger partial charge < -0.3 is 24.4 Å². The lowest BCUT2D eigenvalue weighted by atomic mass is 10.2. The van der Waals surface area contributed by atoms with E-state index in [2.05, 4.69) is 5.32 Å². The van der Waals surface area contributed by atoms with Crippen molar-refractivity contribution in [1.29, 1.82) is 0 Å². The molecule has 1 heterocycles. The monoisotopic (exact) mass is 382 g/mol. The predicted molar refractivity (Wildman–Crippen MR) is 107 cm³/mol. The average molecular weight is 382 g/mol. The summed E-state index contributed by atoms with van der Waals surface area (Å²) in [7, 11) is 3.87. The Morgan fingerprint density at radius 3 is 2.50 bits per heavy atom. The molecule has 7 nitrogen and oxygen atoms in total. The molecule has 7 heteroatoms. The van der Waals surface area contributed by atoms with Crippen LogP contribution in [0.15, 0.2) is 48.5 Å². The minimum Gasteiger partial charge on any atom is -0.486 e. The van der Waals surface area contributed by atoms with Gasteiger partial charge in [0.1, 0.15) is 13.2 Å². The lowest BCUT2D eigenvalue weighted by molar-refractivity contribution is -0.142. The van der Waals surface area contributed by atoms with E-state index in [0.717, 1.165) is 11.3 Å². The van der Waals surface area contributed by atoms with Crippen LogP contribution in [0, 0.1) is 0 Å². The number of hydrogen-bond donors (Lipinski definition) is 1. The fraction of sp³-hybridized carbons (Fsp3) is 0.238. The molecule has 0 bridgehead atoms. The van der Waals surface area contributed by atoms with Gasteiger partial charge >= 0.3 is 5.97 Å². The number of esters is 1. The smallest absolute Gasteiger partial charge is 0.331 e. The molecule has 0 aliphatic carbocycles. The number of anilines is 2. The van der Waals surface area contributed by atoms with Crippen LogP contribution in [0.1, 0.15) is 5.56 Å². The average Bonchev–Trinajstić information content (AvgIpc) is 2.71. The van der Waals surface area contributed by atoms with E-state index in [1.807, 2.05) is 31.1 Å². The lowest BCUT2D eigenvalue weighted by Crippen LogP contribution is -2.20. The van der Waals surface area contributed by atoms with E-state index in [1.165, 1.54) is 6.08 Å². The van der Waals surface area contributed by atoms with Crippen molar-refractivity contribution < 1.29 is 23.8 Å². The van der Waals surface area contributed by atoms with E-state index in [-0.39, 0.29) is 6.61 Å². The van der Waals surface area contributed by atoms with Crippen molar-refractivity contribution in [3.05, 3.63) is 54.1 Å². The zero-order valence-corrected chi connectivity index (χ0v) is 15.8. The topological polar surface area (TPSA) is 77.1 Å². The second-order valence-corrected chi connectivity index (χ2v) is 6.33. The first-order valence-electron chi connectivity index (χ1n) is 8.83. The molecule has 0 saturated heterocycles. The first-order chi connectivity index (χ1) is 13.5. The number of fused-ring (bicyclic) bond motifs is 1. The summed E-state index contributed by atoms with van der Waals surface area (Å²) in [5, 5.41) is 2.68. The molecule has 146 valence electrons. The van der Waals surface area contributed by atoms with Crippen molar-refractivity contribution in [2.24, 2.45) is 0 Å². The van der Waals surface area contributed by atoms with Gasteiger partial charge in [-0.05, 0) is 48.0 Å². The van der Waals surface area contributed by atoms with E-state index in [1.54, 1.807) is 36.4 Å². The van der Waals surface area contributed by atoms with Gasteiger partial charge in [-0.2, -0.15) is 0 Å². The Kier molecular flexibility index (Phi) is 6.16. The molecule has 1 aliphatic rings. The summed E-state index contributed by atoms with van der Waals surface area (Å²) in [6.07, 6.45) is 2.86. The first kappa shape index (κ1) is 19.3. The molecule has 2 aromatic carbocycles. The second kappa shape index (κ2) is 8.94. The van der Waals surface area contributed by atoms with Crippen molar-refractivity contribution in [2.75, 3.05) is 44.1 Å². The molecule has 0 unspecified atom stereocenters. The van der Waals surface area contributed by atoms with Gasteiger partial charge in [0.25, 0.3) is 5.91 Å². The summed E-state index contributed by atoms with van der Waals surface area (Å²) in [5.41, 5.74) is 2.43. The Morgan fingerprint density at radius 2 is 1.79 bits per heavy atom. The SMILES string of the molecule is CN(C)c1ccc(NC(=O)COC(=O)/C=C/c2ccc3c(c2)OCCO3)cc1. The highest BCUT2D eigenvalue weighted by Crippen LogP contribution is 2.31. The molecule has 0 spiro atoms. The fourth-order valence-electron chi connectivity index (χ4n) is 2.55. The summed E-state index contributed by atoms with van der Waals surface area (Å²) in [5.74, 6) is 0.314. The van der Waals surface area contributed by atoms with Gasteiger partial charge in [-0.3, -0.25) is 4.79 Å². The van der Waals surface area contributed by atoms with Gasteiger partial charge in [-0.15, -0.1) is 0 Å². The number of rotatable bonds is 6. The van der Waals surface area contributed by atoms with Crippen LogP contribution in [0.5, 0.6) is 11.5 Å². The second-order valence-electron chi connectivity index (χ2n) is 6.33. The van der Waals surface area contributed by atoms with Crippen molar-refractivity contribution in [3.8, 4) is 11.5 Å². The van der Waals surface area contributed by atoms with Crippen LogP contribution < -0.4 is 19.7 Å². The van der Waals surface area contributed by atoms with E-state index < -0.39 is 11.9 Å². The third kappa shape index (κ3) is 5.26. The Balaban J connectivity index is 1.47. The van der Waals surface area contributed by atoms with E-state index in [0.29, 0.717) is 30.4 Å². The van der Waals surface area contributed by atoms with Crippen LogP contribution in [0.25, 0.3) is 6.08 Å². The number of carbonyl (C=O) groups excluding carboxylic acids is 2. The summed E-state index contributed by atoms with van der Waals surface area (Å²) < 4.78 is 15.9. The van der Waals surface area contributed by atoms with Gasteiger partial charge in [-0.25, -0.2) is 4.79 Å². The number of nitrogens with zero attached hydrogens (tertiary/aromatic N) is 1. The molecule has 1 aliphatic heterocycles. The Bertz CT molecular complexity index is 875. The minimum atomic E-state index is -0.604. The van der Waals surface area contributed by atoms with Crippen molar-refractivity contribution >= 4 is 29.3 Å². The normalized spacial score (nSPS) is 12.5. The summed E-state index contributed by atoms with van der Waals surface area (Å²) in [6, 6.07) is 12.7. The van der Waals surface area contributed by atoms with Crippen LogP contribution in [0.2, 0.25) is 0 Å². The summed E-state index contributed by atoms with van der Waals surface area (Å²) >= 11 is 0. The number of hydrogen-bond acceptors (Lipinski definition) is 6. The highest BCUT2D eigenvalue weighted by molar-refractivity contribution is 5.94. The van der Waals surface area contributed by atoms with Gasteiger partial charge in [0.05, 0.1) is 0 Å². The van der Waals surface area contributed by atoms with Gasteiger partial charge in [0, 0.05) is 31.5 Å². The molecule has 0 aromatic heterocycles. The standard InChI is InChI=1S/C21H22N2O5/c1-23(2)17-7-5-16(6-8-17)22-20(24)14-28-21(25)10-4-15-3-9-18-19(13-15)27-12-11-26-18/h3-10,13H,11-12,14H2,1-2H3,(H,22,24)/b10-4+. The maximum absolute atomic E-state index is 11.9. The molecular formula is C21H22N2O5. The summed E-state index contributed by atoms with van der Waals surface area (Å²) in [6.45, 7) is 0.658. The number of amides is 1. The van der Waals surface area contributed by atoms with Crippen molar-refractivity contribution in [1.82, 2.24) is 0 Å². The Morgan fingerprint density at radius 1 is 1.07 bits per heavy atom. The molecular weight excluding hydrogens is 360 g/mol. The molecule has 0 radical (unpaired) electrons. The van der Waals surface area contributed by atoms with Crippen LogP contribution in [0.3, 0.4) is 0 Å². The minimum absolute atomic E-state index is 0.361. The maximum Gasteiger partial charge on any atom is 0.331 e. The number of nitrogens with one attached hydrogen (secondary N) is 1. The van der Waals surface area contributed by atoms with Gasteiger partial charge in [0.2, 0.25) is 0 Å². The predicted octanol–water partition coefficient (Wildman–Crippen LogP) is 2.72. The zero-order valence-electron chi connectivity index (χ0n) is 15.8. The highest BCUT2D eigenvalue weighted by atomic mass is 16.6. The molecule has 2 aromatic rings. The molecule has 1 amide bonds. The van der Waals surface area contributed by atoms with Crippen LogP contribution in [-0.2, 0) is 14.3 Å². The first-order valence-corrected chi connectivity index (χ1v) is 8.83. The zero-order chi connectivity index (χ0) is 19.9. The van der Waals surface area contributed by atoms with Crippen molar-refractivity contribution in [2.45, 2.75) is 0 Å². The number of ether oxygens (including phenoxy) is 3. The third-order valence-electron chi connectivity index (χ3n) is 3.99. The fourth-order valence-corrected chi connectivity index (χ4v) is 2.55. The molecule has 0 atom stereocenters. The van der Waals surface area contributed by atoms with Crippen molar-refractivity contribution in [3.63, 3.8) is 0 Å². The van der Waals surface area contributed by atoms with Crippen LogP contribution >= 0.6 is 0 Å². The van der Waals surface area contributed by atoms with Gasteiger partial charge in [0.15, 0.2) is 18.1 Å². The van der Waals surface area contributed by atoms with Crippen LogP contribution in [0.4, 0.5) is 11.4 Å². The number of benzene rings is 2. The van der Waals surface area contributed by atoms with Crippen LogP contribution in [-0.4, -0.2) is 45.8 Å². The molecule has 1 N–H and O–H groups in total. The van der Waals surface area contributed by atoms with E-state index >= 15 is 0 Å². The quantitative estimate of drug-likeness (QED) is 0.612. The number of carbonyl (C=O) groups is 2. The largest absolute Gasteiger partial charge is 0.486 e. The Hall–Kier alpha value is -3.48. The maximum atomic E-state index is 11.9. The molecule has 0 fully saturated rings. The highest BCUT2D eigenvalue weighted by Gasteiger charge is 2.11. The molecule has 28 heavy (non-hydrogen) atoms. The Labute approximate surface area is 163 Å². The van der Waals surface area contributed by atoms with Gasteiger partial charge in [-0.1, -0.05) is 6.07 Å². The molecule has 0 saturated carbocycles. The summed E-state index contributed by atoms with van der Waals surface area (Å²) in [4.78, 5) is 25.7. The van der Waals surface area contributed by atoms with E-state index in [9.17, 15) is 9.59 Å². The third-order valence-corrected chi connectivity index (χ3v) is 3.99. The lowest BCUT2D eigenvalue weighted by Gasteiger charge is -2.18.